The average Bonchev–Trinajstić information content (AvgIpc) is 1.79. The van der Waals surface area contributed by atoms with Crippen LogP contribution in [0.5, 0.6) is 0 Å². The molecular formula is C8H13IO. The largest absolute Gasteiger partial charge is 0.388 e. The number of aliphatic hydroxyl groups is 1. The van der Waals surface area contributed by atoms with Crippen molar-refractivity contribution in [1.82, 2.24) is 0 Å². The van der Waals surface area contributed by atoms with Crippen molar-refractivity contribution in [2.75, 3.05) is 0 Å². The number of hydrogen-bond acceptors (Lipinski definition) is 1. The van der Waals surface area contributed by atoms with Crippen molar-refractivity contribution in [2.45, 2.75) is 32.8 Å². The summed E-state index contributed by atoms with van der Waals surface area (Å²) in [6.45, 7) is 4.41. The van der Waals surface area contributed by atoms with Gasteiger partial charge in [-0.05, 0) is 40.8 Å². The van der Waals surface area contributed by atoms with Crippen molar-refractivity contribution < 1.29 is 5.11 Å². The number of allylic oxidation sites excluding steroid dienone is 1. The van der Waals surface area contributed by atoms with Crippen LogP contribution in [-0.4, -0.2) is 11.2 Å². The molecule has 0 fully saturated rings. The smallest absolute Gasteiger partial charge is 0.0843 e. The van der Waals surface area contributed by atoms with Crippen LogP contribution in [-0.2, 0) is 0 Å². The van der Waals surface area contributed by atoms with Gasteiger partial charge >= 0.3 is 0 Å². The molecule has 1 N–H and O–H groups in total. The normalized spacial score (nSPS) is 31.6. The summed E-state index contributed by atoms with van der Waals surface area (Å²) < 4.78 is 1.11. The van der Waals surface area contributed by atoms with E-state index in [0.717, 1.165) is 16.4 Å². The monoisotopic (exact) mass is 252 g/mol. The van der Waals surface area contributed by atoms with Crippen LogP contribution in [0.25, 0.3) is 0 Å². The molecule has 2 heteroatoms. The highest BCUT2D eigenvalue weighted by Gasteiger charge is 2.24. The predicted molar refractivity (Wildman–Crippen MR) is 51.1 cm³/mol. The van der Waals surface area contributed by atoms with Crippen LogP contribution in [0, 0.1) is 5.41 Å². The third-order valence-electron chi connectivity index (χ3n) is 1.91. The molecular weight excluding hydrogens is 239 g/mol. The zero-order valence-corrected chi connectivity index (χ0v) is 8.55. The molecule has 1 rings (SSSR count). The Bertz CT molecular complexity index is 161. The molecule has 1 aliphatic rings. The first-order chi connectivity index (χ1) is 4.51. The van der Waals surface area contributed by atoms with Gasteiger partial charge in [-0.2, -0.15) is 0 Å². The fraction of sp³-hybridized carbons (Fsp3) is 0.750. The Balaban J connectivity index is 2.76. The van der Waals surface area contributed by atoms with Crippen LogP contribution in [0.2, 0.25) is 0 Å². The fourth-order valence-electron chi connectivity index (χ4n) is 1.19. The van der Waals surface area contributed by atoms with Gasteiger partial charge in [0.2, 0.25) is 0 Å². The molecule has 0 saturated carbocycles. The van der Waals surface area contributed by atoms with Crippen molar-refractivity contribution in [1.29, 1.82) is 0 Å². The maximum absolute atomic E-state index is 9.33. The molecule has 1 atom stereocenters. The number of halogens is 1. The Kier molecular flexibility index (Phi) is 2.40. The van der Waals surface area contributed by atoms with Gasteiger partial charge in [-0.25, -0.2) is 0 Å². The van der Waals surface area contributed by atoms with Gasteiger partial charge < -0.3 is 5.11 Å². The Hall–Kier alpha value is 0.430. The Morgan fingerprint density at radius 2 is 2.30 bits per heavy atom. The summed E-state index contributed by atoms with van der Waals surface area (Å²) in [6, 6.07) is 0. The van der Waals surface area contributed by atoms with E-state index in [9.17, 15) is 5.11 Å². The molecule has 1 nitrogen and oxygen atoms in total. The maximum atomic E-state index is 9.33. The Morgan fingerprint density at radius 1 is 1.70 bits per heavy atom. The third kappa shape index (κ3) is 1.95. The summed E-state index contributed by atoms with van der Waals surface area (Å²) >= 11 is 2.22. The van der Waals surface area contributed by atoms with Crippen LogP contribution in [0.15, 0.2) is 9.66 Å². The van der Waals surface area contributed by atoms with Crippen molar-refractivity contribution in [3.8, 4) is 0 Å². The van der Waals surface area contributed by atoms with Crippen LogP contribution in [0.3, 0.4) is 0 Å². The summed E-state index contributed by atoms with van der Waals surface area (Å²) in [5, 5.41) is 9.33. The first-order valence-electron chi connectivity index (χ1n) is 3.58. The molecule has 0 spiro atoms. The Labute approximate surface area is 75.7 Å². The van der Waals surface area contributed by atoms with E-state index in [2.05, 4.69) is 42.5 Å². The van der Waals surface area contributed by atoms with E-state index in [0.29, 0.717) is 5.41 Å². The number of aliphatic hydroxyl groups excluding tert-OH is 1. The molecule has 0 aliphatic heterocycles. The molecule has 0 bridgehead atoms. The van der Waals surface area contributed by atoms with Crippen molar-refractivity contribution in [2.24, 2.45) is 5.41 Å². The van der Waals surface area contributed by atoms with E-state index >= 15 is 0 Å². The van der Waals surface area contributed by atoms with Crippen LogP contribution in [0.1, 0.15) is 26.7 Å². The fourth-order valence-corrected chi connectivity index (χ4v) is 2.34. The van der Waals surface area contributed by atoms with Crippen molar-refractivity contribution in [3.05, 3.63) is 9.66 Å². The summed E-state index contributed by atoms with van der Waals surface area (Å²) in [4.78, 5) is 0. The average molecular weight is 252 g/mol. The molecule has 0 aromatic rings. The minimum absolute atomic E-state index is 0.186. The highest BCUT2D eigenvalue weighted by atomic mass is 127. The van der Waals surface area contributed by atoms with Gasteiger partial charge in [0.1, 0.15) is 0 Å². The Morgan fingerprint density at radius 3 is 2.70 bits per heavy atom. The molecule has 10 heavy (non-hydrogen) atoms. The van der Waals surface area contributed by atoms with Crippen LogP contribution < -0.4 is 0 Å². The van der Waals surface area contributed by atoms with Crippen LogP contribution >= 0.6 is 22.6 Å². The van der Waals surface area contributed by atoms with Gasteiger partial charge in [0.15, 0.2) is 0 Å². The molecule has 0 unspecified atom stereocenters. The topological polar surface area (TPSA) is 20.2 Å². The minimum Gasteiger partial charge on any atom is -0.388 e. The molecule has 0 amide bonds. The second-order valence-corrected chi connectivity index (χ2v) is 4.82. The van der Waals surface area contributed by atoms with E-state index in [1.165, 1.54) is 0 Å². The third-order valence-corrected chi connectivity index (χ3v) is 2.94. The van der Waals surface area contributed by atoms with E-state index in [1.807, 2.05) is 0 Å². The lowest BCUT2D eigenvalue weighted by molar-refractivity contribution is 0.178. The summed E-state index contributed by atoms with van der Waals surface area (Å²) in [7, 11) is 0. The first kappa shape index (κ1) is 8.53. The van der Waals surface area contributed by atoms with E-state index in [4.69, 9.17) is 0 Å². The molecule has 0 saturated heterocycles. The molecule has 0 heterocycles. The first-order valence-corrected chi connectivity index (χ1v) is 4.65. The van der Waals surface area contributed by atoms with Crippen molar-refractivity contribution in [3.63, 3.8) is 0 Å². The second kappa shape index (κ2) is 2.81. The molecule has 1 aliphatic carbocycles. The lowest BCUT2D eigenvalue weighted by Gasteiger charge is -2.28. The molecule has 0 aromatic carbocycles. The molecule has 0 radical (unpaired) electrons. The minimum atomic E-state index is -0.186. The standard InChI is InChI=1S/C8H13IO/c1-8(2)4-3-7(10)6(9)5-8/h5,7,10H,3-4H2,1-2H3/t7-/m1/s1. The van der Waals surface area contributed by atoms with E-state index in [1.54, 1.807) is 0 Å². The van der Waals surface area contributed by atoms with Gasteiger partial charge in [-0.15, -0.1) is 0 Å². The summed E-state index contributed by atoms with van der Waals surface area (Å²) in [5.41, 5.74) is 0.301. The highest BCUT2D eigenvalue weighted by Crippen LogP contribution is 2.35. The lowest BCUT2D eigenvalue weighted by atomic mass is 9.82. The van der Waals surface area contributed by atoms with E-state index < -0.39 is 0 Å². The molecule has 0 aromatic heterocycles. The summed E-state index contributed by atoms with van der Waals surface area (Å²) in [6.07, 6.45) is 4.00. The highest BCUT2D eigenvalue weighted by molar-refractivity contribution is 14.1. The zero-order valence-electron chi connectivity index (χ0n) is 6.39. The molecule has 58 valence electrons. The predicted octanol–water partition coefficient (Wildman–Crippen LogP) is 2.49. The van der Waals surface area contributed by atoms with Gasteiger partial charge in [-0.1, -0.05) is 19.9 Å². The second-order valence-electron chi connectivity index (χ2n) is 3.57. The van der Waals surface area contributed by atoms with Crippen molar-refractivity contribution >= 4 is 22.6 Å². The van der Waals surface area contributed by atoms with Gasteiger partial charge in [-0.3, -0.25) is 0 Å². The van der Waals surface area contributed by atoms with Gasteiger partial charge in [0, 0.05) is 3.58 Å². The lowest BCUT2D eigenvalue weighted by Crippen LogP contribution is -2.20. The SMILES string of the molecule is CC1(C)C=C(I)[C@H](O)CC1. The summed E-state index contributed by atoms with van der Waals surface area (Å²) in [5.74, 6) is 0. The number of hydrogen-bond donors (Lipinski definition) is 1. The maximum Gasteiger partial charge on any atom is 0.0843 e. The van der Waals surface area contributed by atoms with Gasteiger partial charge in [0.25, 0.3) is 0 Å². The van der Waals surface area contributed by atoms with Crippen LogP contribution in [0.4, 0.5) is 0 Å². The number of rotatable bonds is 0. The quantitative estimate of drug-likeness (QED) is 0.656. The van der Waals surface area contributed by atoms with Gasteiger partial charge in [0.05, 0.1) is 6.10 Å². The zero-order chi connectivity index (χ0) is 7.78. The van der Waals surface area contributed by atoms with E-state index in [-0.39, 0.29) is 6.10 Å².